The van der Waals surface area contributed by atoms with E-state index in [1.165, 1.54) is 44.1 Å². The first-order valence-electron chi connectivity index (χ1n) is 21.3. The van der Waals surface area contributed by atoms with E-state index in [-0.39, 0.29) is 0 Å². The molecule has 10 aromatic rings. The fourth-order valence-electron chi connectivity index (χ4n) is 8.49. The first kappa shape index (κ1) is 38.1. The standard InChI is InChI=1S/C56H38N4.C2H6/c1-3-10-39(11-4-1)46-36-52(56-53(37-46)51-15-7-8-16-55(51)60(56)47-13-5-2-6-14-47)43-19-17-40(18-20-43)41-21-27-48(28-22-41)59(50-31-25-44(26-32-50)54-33-35-58-54)49-29-23-42(24-30-49)45-12-9-34-57-38-45;1-2/h1-38H;1-2H3. The van der Waals surface area contributed by atoms with Crippen LogP contribution in [0.1, 0.15) is 19.4 Å². The molecule has 11 rings (SSSR count). The van der Waals surface area contributed by atoms with Gasteiger partial charge in [0.25, 0.3) is 0 Å². The molecular weight excluding hydrogens is 753 g/mol. The van der Waals surface area contributed by atoms with Crippen molar-refractivity contribution in [3.63, 3.8) is 0 Å². The number of allylic oxidation sites excluding steroid dienone is 1. The van der Waals surface area contributed by atoms with Gasteiger partial charge >= 0.3 is 0 Å². The summed E-state index contributed by atoms with van der Waals surface area (Å²) in [5.41, 5.74) is 18.2. The Morgan fingerprint density at radius 1 is 0.419 bits per heavy atom. The van der Waals surface area contributed by atoms with Gasteiger partial charge in [-0.1, -0.05) is 147 Å². The van der Waals surface area contributed by atoms with E-state index in [0.29, 0.717) is 0 Å². The molecule has 4 heteroatoms. The molecule has 0 saturated carbocycles. The molecule has 2 aromatic heterocycles. The first-order chi connectivity index (χ1) is 30.7. The molecule has 3 heterocycles. The van der Waals surface area contributed by atoms with Crippen LogP contribution < -0.4 is 4.90 Å². The second-order valence-corrected chi connectivity index (χ2v) is 15.1. The Hall–Kier alpha value is -8.08. The Morgan fingerprint density at radius 3 is 1.50 bits per heavy atom. The maximum absolute atomic E-state index is 4.40. The number of para-hydroxylation sites is 2. The molecule has 0 unspecified atom stereocenters. The minimum Gasteiger partial charge on any atom is -0.311 e. The fraction of sp³-hybridized carbons (Fsp3) is 0.0345. The Bertz CT molecular complexity index is 3180. The molecule has 4 nitrogen and oxygen atoms in total. The number of hydrogen-bond donors (Lipinski definition) is 0. The predicted octanol–water partition coefficient (Wildman–Crippen LogP) is 15.7. The van der Waals surface area contributed by atoms with Gasteiger partial charge in [-0.2, -0.15) is 0 Å². The zero-order valence-electron chi connectivity index (χ0n) is 34.7. The highest BCUT2D eigenvalue weighted by molar-refractivity contribution is 6.15. The highest BCUT2D eigenvalue weighted by atomic mass is 15.1. The SMILES string of the molecule is C1=CC(c2ccc(N(c3ccc(-c4ccc(-c5cc(-c6ccccc6)cc6c7ccccc7n(-c7ccccc7)c56)cc4)cc3)c3ccc(-c4cccnc4)cc3)cc2)=N1.CC. The van der Waals surface area contributed by atoms with E-state index >= 15 is 0 Å². The van der Waals surface area contributed by atoms with Gasteiger partial charge in [-0.25, -0.2) is 0 Å². The van der Waals surface area contributed by atoms with Crippen molar-refractivity contribution >= 4 is 44.6 Å². The van der Waals surface area contributed by atoms with Crippen LogP contribution in [0.2, 0.25) is 0 Å². The number of pyridine rings is 1. The highest BCUT2D eigenvalue weighted by Gasteiger charge is 2.19. The van der Waals surface area contributed by atoms with Crippen LogP contribution >= 0.6 is 0 Å². The molecular formula is C58H44N4. The Morgan fingerprint density at radius 2 is 0.919 bits per heavy atom. The van der Waals surface area contributed by atoms with E-state index in [2.05, 4.69) is 220 Å². The molecule has 0 saturated heterocycles. The zero-order chi connectivity index (χ0) is 41.8. The lowest BCUT2D eigenvalue weighted by Gasteiger charge is -2.26. The molecule has 62 heavy (non-hydrogen) atoms. The lowest BCUT2D eigenvalue weighted by Crippen LogP contribution is -2.10. The predicted molar refractivity (Wildman–Crippen MR) is 262 cm³/mol. The Kier molecular flexibility index (Phi) is 10.4. The van der Waals surface area contributed by atoms with Crippen molar-refractivity contribution in [3.8, 4) is 50.2 Å². The molecule has 1 aliphatic rings. The molecule has 0 amide bonds. The summed E-state index contributed by atoms with van der Waals surface area (Å²) in [6.07, 6.45) is 7.59. The van der Waals surface area contributed by atoms with E-state index in [1.54, 1.807) is 6.20 Å². The number of anilines is 3. The van der Waals surface area contributed by atoms with Gasteiger partial charge in [0, 0.05) is 63.2 Å². The number of aliphatic imine (C=N–C) groups is 1. The number of hydrogen-bond acceptors (Lipinski definition) is 3. The number of aromatic nitrogens is 2. The third-order valence-electron chi connectivity index (χ3n) is 11.5. The number of fused-ring (bicyclic) bond motifs is 3. The molecule has 0 atom stereocenters. The van der Waals surface area contributed by atoms with Gasteiger partial charge < -0.3 is 9.47 Å². The summed E-state index contributed by atoms with van der Waals surface area (Å²) in [5, 5.41) is 2.48. The van der Waals surface area contributed by atoms with Crippen molar-refractivity contribution in [2.75, 3.05) is 4.90 Å². The second-order valence-electron chi connectivity index (χ2n) is 15.1. The smallest absolute Gasteiger partial charge is 0.0717 e. The van der Waals surface area contributed by atoms with Crippen molar-refractivity contribution in [3.05, 3.63) is 236 Å². The van der Waals surface area contributed by atoms with Crippen molar-refractivity contribution < 1.29 is 0 Å². The second kappa shape index (κ2) is 16.9. The van der Waals surface area contributed by atoms with E-state index < -0.39 is 0 Å². The van der Waals surface area contributed by atoms with Gasteiger partial charge in [-0.05, 0) is 118 Å². The van der Waals surface area contributed by atoms with Crippen molar-refractivity contribution in [2.45, 2.75) is 13.8 Å². The van der Waals surface area contributed by atoms with E-state index in [1.807, 2.05) is 38.4 Å². The average molecular weight is 797 g/mol. The van der Waals surface area contributed by atoms with Crippen LogP contribution in [0.4, 0.5) is 17.1 Å². The van der Waals surface area contributed by atoms with Gasteiger partial charge in [-0.15, -0.1) is 0 Å². The number of rotatable bonds is 9. The van der Waals surface area contributed by atoms with Crippen LogP contribution in [0.3, 0.4) is 0 Å². The lowest BCUT2D eigenvalue weighted by molar-refractivity contribution is 1.18. The summed E-state index contributed by atoms with van der Waals surface area (Å²) in [6, 6.07) is 74.3. The van der Waals surface area contributed by atoms with Crippen LogP contribution in [0.25, 0.3) is 72.0 Å². The molecule has 0 fully saturated rings. The molecule has 296 valence electrons. The first-order valence-corrected chi connectivity index (χ1v) is 21.3. The van der Waals surface area contributed by atoms with E-state index in [4.69, 9.17) is 0 Å². The van der Waals surface area contributed by atoms with Gasteiger partial charge in [0.15, 0.2) is 0 Å². The monoisotopic (exact) mass is 796 g/mol. The normalized spacial score (nSPS) is 11.7. The molecule has 8 aromatic carbocycles. The molecule has 1 aliphatic heterocycles. The fourth-order valence-corrected chi connectivity index (χ4v) is 8.49. The minimum absolute atomic E-state index is 1.01. The van der Waals surface area contributed by atoms with Gasteiger partial charge in [0.2, 0.25) is 0 Å². The van der Waals surface area contributed by atoms with Crippen molar-refractivity contribution in [1.29, 1.82) is 0 Å². The summed E-state index contributed by atoms with van der Waals surface area (Å²) in [5.74, 6) is 0. The minimum atomic E-state index is 1.01. The summed E-state index contributed by atoms with van der Waals surface area (Å²) in [7, 11) is 0. The van der Waals surface area contributed by atoms with Crippen molar-refractivity contribution in [1.82, 2.24) is 9.55 Å². The Balaban J connectivity index is 0.00000226. The maximum Gasteiger partial charge on any atom is 0.0717 e. The highest BCUT2D eigenvalue weighted by Crippen LogP contribution is 2.42. The van der Waals surface area contributed by atoms with Gasteiger partial charge in [-0.3, -0.25) is 9.98 Å². The quantitative estimate of drug-likeness (QED) is 0.146. The van der Waals surface area contributed by atoms with Crippen LogP contribution in [-0.2, 0) is 0 Å². The zero-order valence-corrected chi connectivity index (χ0v) is 34.7. The average Bonchev–Trinajstić information content (AvgIpc) is 3.68. The third kappa shape index (κ3) is 7.18. The Labute approximate surface area is 363 Å². The number of nitrogens with zero attached hydrogens (tertiary/aromatic N) is 4. The third-order valence-corrected chi connectivity index (χ3v) is 11.5. The molecule has 0 aliphatic carbocycles. The summed E-state index contributed by atoms with van der Waals surface area (Å²) in [4.78, 5) is 11.0. The van der Waals surface area contributed by atoms with E-state index in [0.717, 1.165) is 56.3 Å². The largest absolute Gasteiger partial charge is 0.311 e. The lowest BCUT2D eigenvalue weighted by atomic mass is 9.94. The van der Waals surface area contributed by atoms with Gasteiger partial charge in [0.05, 0.1) is 16.7 Å². The summed E-state index contributed by atoms with van der Waals surface area (Å²) in [6.45, 7) is 4.00. The summed E-state index contributed by atoms with van der Waals surface area (Å²) >= 11 is 0. The van der Waals surface area contributed by atoms with Crippen LogP contribution in [0, 0.1) is 0 Å². The topological polar surface area (TPSA) is 33.4 Å². The molecule has 0 bridgehead atoms. The van der Waals surface area contributed by atoms with Gasteiger partial charge in [0.1, 0.15) is 0 Å². The van der Waals surface area contributed by atoms with Crippen LogP contribution in [0.15, 0.2) is 236 Å². The maximum atomic E-state index is 4.40. The molecule has 0 radical (unpaired) electrons. The van der Waals surface area contributed by atoms with E-state index in [9.17, 15) is 0 Å². The summed E-state index contributed by atoms with van der Waals surface area (Å²) < 4.78 is 2.42. The molecule has 0 N–H and O–H groups in total. The molecule has 0 spiro atoms. The van der Waals surface area contributed by atoms with Crippen LogP contribution in [-0.4, -0.2) is 15.3 Å². The number of benzene rings is 8. The van der Waals surface area contributed by atoms with Crippen LogP contribution in [0.5, 0.6) is 0 Å². The van der Waals surface area contributed by atoms with Crippen molar-refractivity contribution in [2.24, 2.45) is 4.99 Å².